The third-order valence-electron chi connectivity index (χ3n) is 7.97. The lowest BCUT2D eigenvalue weighted by Gasteiger charge is -2.11. The SMILES string of the molecule is CCCCSC1=C(SCCCC)SC(=C2Sc3c(-c4ccc(-c5ccccc5)cc4)nnc(-c4ccc(-c5ccccc5)cc4)c3S2)S1. The van der Waals surface area contributed by atoms with E-state index >= 15 is 0 Å². The maximum absolute atomic E-state index is 4.93. The highest BCUT2D eigenvalue weighted by Gasteiger charge is 2.33. The van der Waals surface area contributed by atoms with Gasteiger partial charge in [-0.2, -0.15) is 0 Å². The quantitative estimate of drug-likeness (QED) is 0.117. The fourth-order valence-corrected chi connectivity index (χ4v) is 14.5. The minimum absolute atomic E-state index is 0.957. The third kappa shape index (κ3) is 7.79. The van der Waals surface area contributed by atoms with Crippen molar-refractivity contribution in [2.75, 3.05) is 11.5 Å². The van der Waals surface area contributed by atoms with Gasteiger partial charge in [0, 0.05) is 11.1 Å². The van der Waals surface area contributed by atoms with Crippen molar-refractivity contribution in [3.8, 4) is 44.8 Å². The van der Waals surface area contributed by atoms with Gasteiger partial charge in [-0.1, -0.05) is 183 Å². The van der Waals surface area contributed by atoms with Crippen LogP contribution in [0.5, 0.6) is 0 Å². The van der Waals surface area contributed by atoms with Gasteiger partial charge in [0.1, 0.15) is 11.4 Å². The topological polar surface area (TPSA) is 25.8 Å². The molecule has 0 bridgehead atoms. The zero-order valence-electron chi connectivity index (χ0n) is 27.0. The highest BCUT2D eigenvalue weighted by atomic mass is 32.3. The number of thioether (sulfide) groups is 6. The van der Waals surface area contributed by atoms with Gasteiger partial charge in [0.2, 0.25) is 0 Å². The van der Waals surface area contributed by atoms with E-state index in [1.807, 2.05) is 70.6 Å². The number of benzene rings is 4. The van der Waals surface area contributed by atoms with Gasteiger partial charge in [0.25, 0.3) is 0 Å². The van der Waals surface area contributed by atoms with Crippen LogP contribution >= 0.6 is 70.6 Å². The summed E-state index contributed by atoms with van der Waals surface area (Å²) in [5, 5.41) is 9.86. The van der Waals surface area contributed by atoms with E-state index in [9.17, 15) is 0 Å². The van der Waals surface area contributed by atoms with Gasteiger partial charge < -0.3 is 0 Å². The van der Waals surface area contributed by atoms with Crippen molar-refractivity contribution in [1.82, 2.24) is 10.2 Å². The average molecular weight is 737 g/mol. The Morgan fingerprint density at radius 3 is 1.19 bits per heavy atom. The summed E-state index contributed by atoms with van der Waals surface area (Å²) < 4.78 is 5.71. The van der Waals surface area contributed by atoms with Crippen LogP contribution in [-0.4, -0.2) is 21.7 Å². The van der Waals surface area contributed by atoms with Gasteiger partial charge in [-0.05, 0) is 46.6 Å². The second kappa shape index (κ2) is 16.5. The Morgan fingerprint density at radius 2 is 0.792 bits per heavy atom. The predicted molar refractivity (Wildman–Crippen MR) is 219 cm³/mol. The van der Waals surface area contributed by atoms with Crippen molar-refractivity contribution < 1.29 is 0 Å². The Morgan fingerprint density at radius 1 is 0.438 bits per heavy atom. The minimum atomic E-state index is 0.957. The molecule has 2 aliphatic heterocycles. The van der Waals surface area contributed by atoms with Gasteiger partial charge in [0.05, 0.1) is 26.7 Å². The monoisotopic (exact) mass is 736 g/mol. The van der Waals surface area contributed by atoms with Crippen molar-refractivity contribution >= 4 is 70.6 Å². The zero-order chi connectivity index (χ0) is 32.7. The number of aromatic nitrogens is 2. The van der Waals surface area contributed by atoms with E-state index in [0.29, 0.717) is 0 Å². The van der Waals surface area contributed by atoms with Crippen LogP contribution in [0.15, 0.2) is 136 Å². The number of unbranched alkanes of at least 4 members (excludes halogenated alkanes) is 2. The maximum atomic E-state index is 4.93. The van der Waals surface area contributed by atoms with Crippen LogP contribution in [0, 0.1) is 0 Å². The summed E-state index contributed by atoms with van der Waals surface area (Å²) in [4.78, 5) is 2.42. The Labute approximate surface area is 310 Å². The molecule has 8 heteroatoms. The number of nitrogens with zero attached hydrogens (tertiary/aromatic N) is 2. The Bertz CT molecular complexity index is 1780. The normalized spacial score (nSPS) is 14.2. The Kier molecular flexibility index (Phi) is 11.7. The average Bonchev–Trinajstić information content (AvgIpc) is 3.77. The van der Waals surface area contributed by atoms with Gasteiger partial charge in [0.15, 0.2) is 0 Å². The molecule has 242 valence electrons. The molecule has 2 aliphatic rings. The van der Waals surface area contributed by atoms with Crippen molar-refractivity contribution in [1.29, 1.82) is 0 Å². The van der Waals surface area contributed by atoms with E-state index in [2.05, 4.69) is 123 Å². The van der Waals surface area contributed by atoms with Gasteiger partial charge in [-0.3, -0.25) is 0 Å². The number of rotatable bonds is 12. The molecule has 3 heterocycles. The molecule has 0 saturated heterocycles. The largest absolute Gasteiger partial charge is 0.149 e. The first-order valence-electron chi connectivity index (χ1n) is 16.4. The second-order valence-corrected chi connectivity index (χ2v) is 18.7. The molecule has 0 N–H and O–H groups in total. The highest BCUT2D eigenvalue weighted by molar-refractivity contribution is 8.42. The first-order valence-corrected chi connectivity index (χ1v) is 21.6. The first kappa shape index (κ1) is 34.0. The summed E-state index contributed by atoms with van der Waals surface area (Å²) in [7, 11) is 0. The lowest BCUT2D eigenvalue weighted by atomic mass is 10.0. The molecule has 0 spiro atoms. The molecule has 0 radical (unpaired) electrons. The Hall–Kier alpha value is -2.46. The van der Waals surface area contributed by atoms with Gasteiger partial charge in [-0.25, -0.2) is 0 Å². The molecule has 7 rings (SSSR count). The lowest BCUT2D eigenvalue weighted by Crippen LogP contribution is -1.96. The fraction of sp³-hybridized carbons (Fsp3) is 0.200. The summed E-state index contributed by atoms with van der Waals surface area (Å²) in [5.74, 6) is 2.36. The molecule has 2 nitrogen and oxygen atoms in total. The van der Waals surface area contributed by atoms with Crippen molar-refractivity contribution in [2.24, 2.45) is 0 Å². The van der Waals surface area contributed by atoms with Crippen LogP contribution in [0.1, 0.15) is 39.5 Å². The van der Waals surface area contributed by atoms with Crippen molar-refractivity contribution in [3.05, 3.63) is 126 Å². The summed E-state index contributed by atoms with van der Waals surface area (Å²) in [6.45, 7) is 4.56. The molecule has 5 aromatic rings. The van der Waals surface area contributed by atoms with Gasteiger partial charge in [-0.15, -0.1) is 33.7 Å². The third-order valence-corrected chi connectivity index (χ3v) is 16.8. The second-order valence-electron chi connectivity index (χ2n) is 11.4. The summed E-state index contributed by atoms with van der Waals surface area (Å²) >= 11 is 11.8. The summed E-state index contributed by atoms with van der Waals surface area (Å²) in [5.41, 5.74) is 8.95. The first-order chi connectivity index (χ1) is 23.7. The molecular weight excluding hydrogens is 701 g/mol. The van der Waals surface area contributed by atoms with Crippen LogP contribution < -0.4 is 0 Å². The van der Waals surface area contributed by atoms with Crippen LogP contribution in [0.2, 0.25) is 0 Å². The molecule has 4 aromatic carbocycles. The van der Waals surface area contributed by atoms with E-state index in [1.165, 1.54) is 86.2 Å². The van der Waals surface area contributed by atoms with Crippen LogP contribution in [-0.2, 0) is 0 Å². The number of hydrogen-bond acceptors (Lipinski definition) is 8. The predicted octanol–water partition coefficient (Wildman–Crippen LogP) is 14.1. The van der Waals surface area contributed by atoms with E-state index < -0.39 is 0 Å². The van der Waals surface area contributed by atoms with E-state index in [0.717, 1.165) is 22.5 Å². The minimum Gasteiger partial charge on any atom is -0.149 e. The molecule has 0 amide bonds. The molecule has 0 fully saturated rings. The van der Waals surface area contributed by atoms with Crippen molar-refractivity contribution in [3.63, 3.8) is 0 Å². The highest BCUT2D eigenvalue weighted by Crippen LogP contribution is 2.65. The lowest BCUT2D eigenvalue weighted by molar-refractivity contribution is 0.897. The molecule has 0 atom stereocenters. The van der Waals surface area contributed by atoms with Crippen LogP contribution in [0.25, 0.3) is 44.8 Å². The van der Waals surface area contributed by atoms with Gasteiger partial charge >= 0.3 is 0 Å². The molecular formula is C40H36N2S6. The standard InChI is InChI=1S/C40H36N2S6/c1-3-5-25-43-37-38(44-26-6-4-2)48-40(47-37)39-45-35-33(31-21-17-29(18-22-31)27-13-9-7-10-14-27)41-42-34(36(35)46-39)32-23-19-30(20-24-32)28-15-11-8-12-16-28/h7-24H,3-6,25-26H2,1-2H3. The zero-order valence-corrected chi connectivity index (χ0v) is 31.9. The number of hydrogen-bond donors (Lipinski definition) is 0. The summed E-state index contributed by atoms with van der Waals surface area (Å²) in [6, 6.07) is 38.7. The van der Waals surface area contributed by atoms with Crippen LogP contribution in [0.4, 0.5) is 0 Å². The van der Waals surface area contributed by atoms with Crippen LogP contribution in [0.3, 0.4) is 0 Å². The fourth-order valence-electron chi connectivity index (χ4n) is 5.32. The van der Waals surface area contributed by atoms with E-state index in [-0.39, 0.29) is 0 Å². The van der Waals surface area contributed by atoms with Crippen molar-refractivity contribution in [2.45, 2.75) is 49.3 Å². The van der Waals surface area contributed by atoms with E-state index in [1.54, 1.807) is 0 Å². The molecule has 48 heavy (non-hydrogen) atoms. The molecule has 0 unspecified atom stereocenters. The van der Waals surface area contributed by atoms with E-state index in [4.69, 9.17) is 10.2 Å². The molecule has 0 saturated carbocycles. The summed E-state index contributed by atoms with van der Waals surface area (Å²) in [6.07, 6.45) is 4.97. The molecule has 1 aromatic heterocycles. The number of fused-ring (bicyclic) bond motifs is 1. The Balaban J connectivity index is 1.24. The molecule has 0 aliphatic carbocycles. The smallest absolute Gasteiger partial charge is 0.108 e. The maximum Gasteiger partial charge on any atom is 0.108 e.